The lowest BCUT2D eigenvalue weighted by molar-refractivity contribution is 0.343. The number of methoxy groups -OCH3 is 2. The average Bonchev–Trinajstić information content (AvgIpc) is 2.25. The highest BCUT2D eigenvalue weighted by Gasteiger charge is 2.05. The Hall–Kier alpha value is -1.48. The Morgan fingerprint density at radius 2 is 1.79 bits per heavy atom. The molecule has 0 atom stereocenters. The van der Waals surface area contributed by atoms with Crippen LogP contribution in [0.25, 0.3) is 6.08 Å². The molecule has 3 heteroatoms. The van der Waals surface area contributed by atoms with Crippen molar-refractivity contribution in [2.24, 2.45) is 0 Å². The fraction of sp³-hybridized carbons (Fsp3) is 0.273. The van der Waals surface area contributed by atoms with Crippen molar-refractivity contribution < 1.29 is 14.6 Å². The number of hydrogen-bond acceptors (Lipinski definition) is 3. The van der Waals surface area contributed by atoms with E-state index in [0.717, 1.165) is 17.1 Å². The lowest BCUT2D eigenvalue weighted by Gasteiger charge is -2.09. The Kier molecular flexibility index (Phi) is 4.01. The summed E-state index contributed by atoms with van der Waals surface area (Å²) in [7, 11) is 3.20. The van der Waals surface area contributed by atoms with Gasteiger partial charge in [-0.2, -0.15) is 0 Å². The molecule has 0 bridgehead atoms. The first-order valence-electron chi connectivity index (χ1n) is 4.32. The molecule has 0 heterocycles. The minimum atomic E-state index is 0.00119. The molecule has 0 aliphatic heterocycles. The Balaban J connectivity index is 3.12. The van der Waals surface area contributed by atoms with Gasteiger partial charge in [0, 0.05) is 0 Å². The van der Waals surface area contributed by atoms with Crippen LogP contribution in [-0.2, 0) is 0 Å². The molecule has 0 aliphatic carbocycles. The molecule has 76 valence electrons. The molecule has 0 spiro atoms. The van der Waals surface area contributed by atoms with Crippen molar-refractivity contribution in [3.8, 4) is 11.5 Å². The van der Waals surface area contributed by atoms with Gasteiger partial charge >= 0.3 is 0 Å². The molecule has 0 amide bonds. The van der Waals surface area contributed by atoms with Gasteiger partial charge in [-0.1, -0.05) is 12.1 Å². The largest absolute Gasteiger partial charge is 0.496 e. The topological polar surface area (TPSA) is 38.7 Å². The molecule has 0 saturated carbocycles. The predicted molar refractivity (Wildman–Crippen MR) is 55.7 cm³/mol. The summed E-state index contributed by atoms with van der Waals surface area (Å²) >= 11 is 0. The molecule has 1 N–H and O–H groups in total. The van der Waals surface area contributed by atoms with Crippen molar-refractivity contribution in [1.82, 2.24) is 0 Å². The normalized spacial score (nSPS) is 10.5. The Bertz CT molecular complexity index is 296. The van der Waals surface area contributed by atoms with Gasteiger partial charge < -0.3 is 14.6 Å². The summed E-state index contributed by atoms with van der Waals surface area (Å²) in [4.78, 5) is 0. The molecule has 0 radical (unpaired) electrons. The van der Waals surface area contributed by atoms with Gasteiger partial charge in [0.25, 0.3) is 0 Å². The number of aliphatic hydroxyl groups excluding tert-OH is 1. The Labute approximate surface area is 83.6 Å². The molecule has 1 rings (SSSR count). The highest BCUT2D eigenvalue weighted by molar-refractivity contribution is 5.64. The number of ether oxygens (including phenoxy) is 2. The van der Waals surface area contributed by atoms with E-state index >= 15 is 0 Å². The van der Waals surface area contributed by atoms with Crippen LogP contribution in [0.15, 0.2) is 24.3 Å². The van der Waals surface area contributed by atoms with Crippen molar-refractivity contribution in [2.75, 3.05) is 20.8 Å². The van der Waals surface area contributed by atoms with E-state index in [2.05, 4.69) is 0 Å². The molecular weight excluding hydrogens is 180 g/mol. The van der Waals surface area contributed by atoms with Gasteiger partial charge in [0.1, 0.15) is 11.5 Å². The van der Waals surface area contributed by atoms with Crippen LogP contribution in [0.5, 0.6) is 11.5 Å². The van der Waals surface area contributed by atoms with Gasteiger partial charge in [0.05, 0.1) is 26.4 Å². The third kappa shape index (κ3) is 2.26. The van der Waals surface area contributed by atoms with E-state index < -0.39 is 0 Å². The second-order valence-electron chi connectivity index (χ2n) is 2.66. The zero-order valence-electron chi connectivity index (χ0n) is 8.36. The maximum Gasteiger partial charge on any atom is 0.129 e. The number of benzene rings is 1. The molecular formula is C11H14O3. The lowest BCUT2D eigenvalue weighted by Crippen LogP contribution is -1.92. The van der Waals surface area contributed by atoms with E-state index in [1.54, 1.807) is 26.4 Å². The Morgan fingerprint density at radius 1 is 1.21 bits per heavy atom. The minimum Gasteiger partial charge on any atom is -0.496 e. The van der Waals surface area contributed by atoms with Gasteiger partial charge in [-0.15, -0.1) is 0 Å². The number of hydrogen-bond donors (Lipinski definition) is 1. The van der Waals surface area contributed by atoms with E-state index in [-0.39, 0.29) is 6.61 Å². The van der Waals surface area contributed by atoms with Gasteiger partial charge in [-0.05, 0) is 18.2 Å². The van der Waals surface area contributed by atoms with Crippen LogP contribution in [0.3, 0.4) is 0 Å². The molecule has 14 heavy (non-hydrogen) atoms. The molecule has 0 unspecified atom stereocenters. The maximum absolute atomic E-state index is 8.69. The predicted octanol–water partition coefficient (Wildman–Crippen LogP) is 1.71. The van der Waals surface area contributed by atoms with Crippen molar-refractivity contribution in [3.63, 3.8) is 0 Å². The molecule has 1 aromatic rings. The first-order valence-corrected chi connectivity index (χ1v) is 4.32. The van der Waals surface area contributed by atoms with Gasteiger partial charge in [0.15, 0.2) is 0 Å². The van der Waals surface area contributed by atoms with Crippen LogP contribution in [0.4, 0.5) is 0 Å². The van der Waals surface area contributed by atoms with E-state index in [0.29, 0.717) is 0 Å². The van der Waals surface area contributed by atoms with E-state index in [1.165, 1.54) is 0 Å². The third-order valence-corrected chi connectivity index (χ3v) is 1.86. The van der Waals surface area contributed by atoms with Crippen molar-refractivity contribution in [3.05, 3.63) is 29.8 Å². The second kappa shape index (κ2) is 5.29. The molecule has 0 fully saturated rings. The van der Waals surface area contributed by atoms with Crippen LogP contribution in [0.1, 0.15) is 5.56 Å². The van der Waals surface area contributed by atoms with Crippen molar-refractivity contribution in [2.45, 2.75) is 0 Å². The average molecular weight is 194 g/mol. The van der Waals surface area contributed by atoms with Gasteiger partial charge in [-0.3, -0.25) is 0 Å². The van der Waals surface area contributed by atoms with E-state index in [1.807, 2.05) is 18.2 Å². The fourth-order valence-corrected chi connectivity index (χ4v) is 1.21. The first kappa shape index (κ1) is 10.6. The number of aliphatic hydroxyl groups is 1. The molecule has 0 aliphatic rings. The SMILES string of the molecule is COc1cccc(OC)c1C=CCO. The van der Waals surface area contributed by atoms with Gasteiger partial charge in [-0.25, -0.2) is 0 Å². The first-order chi connectivity index (χ1) is 6.83. The number of rotatable bonds is 4. The van der Waals surface area contributed by atoms with Gasteiger partial charge in [0.2, 0.25) is 0 Å². The lowest BCUT2D eigenvalue weighted by atomic mass is 10.1. The summed E-state index contributed by atoms with van der Waals surface area (Å²) in [6.07, 6.45) is 3.41. The summed E-state index contributed by atoms with van der Waals surface area (Å²) in [5, 5.41) is 8.69. The van der Waals surface area contributed by atoms with Crippen molar-refractivity contribution >= 4 is 6.08 Å². The standard InChI is InChI=1S/C11H14O3/c1-13-10-6-3-7-11(14-2)9(10)5-4-8-12/h3-7,12H,8H2,1-2H3. The minimum absolute atomic E-state index is 0.00119. The maximum atomic E-state index is 8.69. The fourth-order valence-electron chi connectivity index (χ4n) is 1.21. The van der Waals surface area contributed by atoms with E-state index in [4.69, 9.17) is 14.6 Å². The van der Waals surface area contributed by atoms with Crippen LogP contribution >= 0.6 is 0 Å². The zero-order valence-corrected chi connectivity index (χ0v) is 8.36. The highest BCUT2D eigenvalue weighted by Crippen LogP contribution is 2.29. The van der Waals surface area contributed by atoms with Crippen LogP contribution in [-0.4, -0.2) is 25.9 Å². The summed E-state index contributed by atoms with van der Waals surface area (Å²) < 4.78 is 10.3. The van der Waals surface area contributed by atoms with Crippen molar-refractivity contribution in [1.29, 1.82) is 0 Å². The second-order valence-corrected chi connectivity index (χ2v) is 2.66. The van der Waals surface area contributed by atoms with Crippen LogP contribution in [0.2, 0.25) is 0 Å². The monoisotopic (exact) mass is 194 g/mol. The zero-order chi connectivity index (χ0) is 10.4. The smallest absolute Gasteiger partial charge is 0.129 e. The summed E-state index contributed by atoms with van der Waals surface area (Å²) in [5.41, 5.74) is 0.839. The molecule has 0 aromatic heterocycles. The molecule has 0 saturated heterocycles. The summed E-state index contributed by atoms with van der Waals surface area (Å²) in [5.74, 6) is 1.46. The molecule has 1 aromatic carbocycles. The van der Waals surface area contributed by atoms with E-state index in [9.17, 15) is 0 Å². The molecule has 3 nitrogen and oxygen atoms in total. The highest BCUT2D eigenvalue weighted by atomic mass is 16.5. The quantitative estimate of drug-likeness (QED) is 0.793. The van der Waals surface area contributed by atoms with Crippen LogP contribution < -0.4 is 9.47 Å². The summed E-state index contributed by atoms with van der Waals surface area (Å²) in [6.45, 7) is 0.00119. The Morgan fingerprint density at radius 3 is 2.21 bits per heavy atom. The van der Waals surface area contributed by atoms with Crippen LogP contribution in [0, 0.1) is 0 Å². The summed E-state index contributed by atoms with van der Waals surface area (Å²) in [6, 6.07) is 5.55. The third-order valence-electron chi connectivity index (χ3n) is 1.86.